The molecule has 1 heterocycles. The predicted molar refractivity (Wildman–Crippen MR) is 122 cm³/mol. The second-order valence-corrected chi connectivity index (χ2v) is 8.06. The Morgan fingerprint density at radius 1 is 0.969 bits per heavy atom. The standard InChI is InChI=1S/C26H23N3O3/c30-24(27-20-13-14-23-22(15-20)29-26(32-23)19-11-12-19)16-21(17-7-3-1-4-8-17)28-25(31)18-9-5-2-6-10-18/h1-10,13-15,19,21H,11-12,16H2,(H,27,30)(H,28,31). The average molecular weight is 425 g/mol. The number of benzene rings is 3. The minimum Gasteiger partial charge on any atom is -0.440 e. The summed E-state index contributed by atoms with van der Waals surface area (Å²) in [5.41, 5.74) is 3.54. The average Bonchev–Trinajstić information content (AvgIpc) is 3.59. The molecule has 1 saturated carbocycles. The van der Waals surface area contributed by atoms with Crippen LogP contribution in [-0.4, -0.2) is 16.8 Å². The third kappa shape index (κ3) is 4.54. The van der Waals surface area contributed by atoms with Crippen LogP contribution >= 0.6 is 0 Å². The van der Waals surface area contributed by atoms with Crippen molar-refractivity contribution in [1.29, 1.82) is 0 Å². The number of nitrogens with one attached hydrogen (secondary N) is 2. The zero-order valence-electron chi connectivity index (χ0n) is 17.5. The number of nitrogens with zero attached hydrogens (tertiary/aromatic N) is 1. The smallest absolute Gasteiger partial charge is 0.251 e. The fourth-order valence-corrected chi connectivity index (χ4v) is 3.69. The van der Waals surface area contributed by atoms with Crippen molar-refractivity contribution in [2.75, 3.05) is 5.32 Å². The molecule has 0 spiro atoms. The third-order valence-electron chi connectivity index (χ3n) is 5.55. The Morgan fingerprint density at radius 2 is 1.69 bits per heavy atom. The van der Waals surface area contributed by atoms with Gasteiger partial charge in [-0.15, -0.1) is 0 Å². The van der Waals surface area contributed by atoms with Crippen molar-refractivity contribution >= 4 is 28.6 Å². The number of aromatic nitrogens is 1. The summed E-state index contributed by atoms with van der Waals surface area (Å²) in [5.74, 6) is 0.790. The largest absolute Gasteiger partial charge is 0.440 e. The van der Waals surface area contributed by atoms with Crippen LogP contribution in [0.2, 0.25) is 0 Å². The quantitative estimate of drug-likeness (QED) is 0.426. The SMILES string of the molecule is O=C(CC(NC(=O)c1ccccc1)c1ccccc1)Nc1ccc2oc(C3CC3)nc2c1. The summed E-state index contributed by atoms with van der Waals surface area (Å²) < 4.78 is 5.79. The molecule has 1 aliphatic carbocycles. The molecule has 1 atom stereocenters. The van der Waals surface area contributed by atoms with Gasteiger partial charge in [-0.2, -0.15) is 0 Å². The summed E-state index contributed by atoms with van der Waals surface area (Å²) >= 11 is 0. The highest BCUT2D eigenvalue weighted by Crippen LogP contribution is 2.40. The van der Waals surface area contributed by atoms with Crippen molar-refractivity contribution in [3.8, 4) is 0 Å². The highest BCUT2D eigenvalue weighted by atomic mass is 16.3. The first kappa shape index (κ1) is 20.0. The summed E-state index contributed by atoms with van der Waals surface area (Å²) in [4.78, 5) is 30.1. The Hall–Kier alpha value is -3.93. The molecule has 1 aromatic heterocycles. The third-order valence-corrected chi connectivity index (χ3v) is 5.55. The van der Waals surface area contributed by atoms with Crippen molar-refractivity contribution in [3.63, 3.8) is 0 Å². The van der Waals surface area contributed by atoms with Crippen LogP contribution in [0.1, 0.15) is 53.0 Å². The van der Waals surface area contributed by atoms with Crippen molar-refractivity contribution in [1.82, 2.24) is 10.3 Å². The van der Waals surface area contributed by atoms with E-state index in [0.717, 1.165) is 35.4 Å². The van der Waals surface area contributed by atoms with E-state index >= 15 is 0 Å². The Labute approximate surface area is 185 Å². The van der Waals surface area contributed by atoms with E-state index < -0.39 is 6.04 Å². The monoisotopic (exact) mass is 425 g/mol. The fourth-order valence-electron chi connectivity index (χ4n) is 3.69. The summed E-state index contributed by atoms with van der Waals surface area (Å²) in [5, 5.41) is 5.92. The Bertz CT molecular complexity index is 1250. The van der Waals surface area contributed by atoms with Crippen LogP contribution in [0, 0.1) is 0 Å². The predicted octanol–water partition coefficient (Wildman–Crippen LogP) is 5.21. The maximum absolute atomic E-state index is 12.9. The van der Waals surface area contributed by atoms with Gasteiger partial charge in [-0.3, -0.25) is 9.59 Å². The highest BCUT2D eigenvalue weighted by molar-refractivity contribution is 5.96. The van der Waals surface area contributed by atoms with Crippen molar-refractivity contribution < 1.29 is 14.0 Å². The lowest BCUT2D eigenvalue weighted by Crippen LogP contribution is -2.31. The zero-order valence-corrected chi connectivity index (χ0v) is 17.5. The van der Waals surface area contributed by atoms with E-state index in [1.807, 2.05) is 66.7 Å². The molecular weight excluding hydrogens is 402 g/mol. The van der Waals surface area contributed by atoms with Crippen LogP contribution in [0.5, 0.6) is 0 Å². The lowest BCUT2D eigenvalue weighted by atomic mass is 10.0. The van der Waals surface area contributed by atoms with Gasteiger partial charge >= 0.3 is 0 Å². The molecule has 6 nitrogen and oxygen atoms in total. The van der Waals surface area contributed by atoms with Gasteiger partial charge < -0.3 is 15.1 Å². The van der Waals surface area contributed by atoms with Crippen molar-refractivity contribution in [3.05, 3.63) is 95.9 Å². The molecule has 1 unspecified atom stereocenters. The van der Waals surface area contributed by atoms with Crippen LogP contribution in [0.4, 0.5) is 5.69 Å². The Kier molecular flexibility index (Phi) is 5.42. The number of carbonyl (C=O) groups excluding carboxylic acids is 2. The molecule has 0 aliphatic heterocycles. The minimum absolute atomic E-state index is 0.104. The molecule has 5 rings (SSSR count). The van der Waals surface area contributed by atoms with Crippen molar-refractivity contribution in [2.45, 2.75) is 31.2 Å². The van der Waals surface area contributed by atoms with E-state index in [1.54, 1.807) is 12.1 Å². The van der Waals surface area contributed by atoms with E-state index in [-0.39, 0.29) is 18.2 Å². The molecule has 6 heteroatoms. The van der Waals surface area contributed by atoms with E-state index in [1.165, 1.54) is 0 Å². The number of hydrogen-bond acceptors (Lipinski definition) is 4. The summed E-state index contributed by atoms with van der Waals surface area (Å²) in [7, 11) is 0. The summed E-state index contributed by atoms with van der Waals surface area (Å²) in [6, 6.07) is 23.5. The van der Waals surface area contributed by atoms with E-state index in [2.05, 4.69) is 15.6 Å². The number of amides is 2. The molecule has 32 heavy (non-hydrogen) atoms. The zero-order chi connectivity index (χ0) is 21.9. The van der Waals surface area contributed by atoms with Crippen LogP contribution < -0.4 is 10.6 Å². The summed E-state index contributed by atoms with van der Waals surface area (Å²) in [6.07, 6.45) is 2.34. The second kappa shape index (κ2) is 8.67. The molecule has 0 radical (unpaired) electrons. The van der Waals surface area contributed by atoms with Crippen LogP contribution in [0.15, 0.2) is 83.3 Å². The van der Waals surface area contributed by atoms with Crippen LogP contribution in [0.25, 0.3) is 11.1 Å². The molecule has 2 amide bonds. The van der Waals surface area contributed by atoms with E-state index in [4.69, 9.17) is 4.42 Å². The first-order valence-electron chi connectivity index (χ1n) is 10.8. The van der Waals surface area contributed by atoms with Gasteiger partial charge in [0.25, 0.3) is 5.91 Å². The van der Waals surface area contributed by atoms with Gasteiger partial charge in [0, 0.05) is 17.2 Å². The van der Waals surface area contributed by atoms with Gasteiger partial charge in [-0.25, -0.2) is 4.98 Å². The lowest BCUT2D eigenvalue weighted by Gasteiger charge is -2.19. The van der Waals surface area contributed by atoms with Crippen molar-refractivity contribution in [2.24, 2.45) is 0 Å². The Morgan fingerprint density at radius 3 is 2.41 bits per heavy atom. The molecule has 4 aromatic rings. The van der Waals surface area contributed by atoms with Gasteiger partial charge in [-0.1, -0.05) is 48.5 Å². The number of anilines is 1. The maximum atomic E-state index is 12.9. The first-order chi connectivity index (χ1) is 15.7. The molecule has 0 saturated heterocycles. The van der Waals surface area contributed by atoms with Gasteiger partial charge in [-0.05, 0) is 48.7 Å². The molecule has 1 fully saturated rings. The van der Waals surface area contributed by atoms with Crippen LogP contribution in [0.3, 0.4) is 0 Å². The van der Waals surface area contributed by atoms with Gasteiger partial charge in [0.1, 0.15) is 5.52 Å². The molecule has 3 aromatic carbocycles. The van der Waals surface area contributed by atoms with Crippen LogP contribution in [-0.2, 0) is 4.79 Å². The lowest BCUT2D eigenvalue weighted by molar-refractivity contribution is -0.116. The minimum atomic E-state index is -0.457. The topological polar surface area (TPSA) is 84.2 Å². The van der Waals surface area contributed by atoms with Gasteiger partial charge in [0.2, 0.25) is 5.91 Å². The molecular formula is C26H23N3O3. The first-order valence-corrected chi connectivity index (χ1v) is 10.8. The molecule has 160 valence electrons. The number of hydrogen-bond donors (Lipinski definition) is 2. The normalized spacial score (nSPS) is 14.1. The maximum Gasteiger partial charge on any atom is 0.251 e. The molecule has 0 bridgehead atoms. The summed E-state index contributed by atoms with van der Waals surface area (Å²) in [6.45, 7) is 0. The second-order valence-electron chi connectivity index (χ2n) is 8.06. The highest BCUT2D eigenvalue weighted by Gasteiger charge is 2.29. The van der Waals surface area contributed by atoms with E-state index in [0.29, 0.717) is 17.2 Å². The Balaban J connectivity index is 1.31. The number of oxazole rings is 1. The van der Waals surface area contributed by atoms with Gasteiger partial charge in [0.05, 0.1) is 12.5 Å². The number of fused-ring (bicyclic) bond motifs is 1. The molecule has 2 N–H and O–H groups in total. The number of carbonyl (C=O) groups is 2. The molecule has 1 aliphatic rings. The fraction of sp³-hybridized carbons (Fsp3) is 0.192. The van der Waals surface area contributed by atoms with Gasteiger partial charge in [0.15, 0.2) is 11.5 Å². The van der Waals surface area contributed by atoms with E-state index in [9.17, 15) is 9.59 Å². The number of rotatable bonds is 7.